The second kappa shape index (κ2) is 4.50. The fourth-order valence-corrected chi connectivity index (χ4v) is 0.805. The van der Waals surface area contributed by atoms with Crippen LogP contribution in [0.15, 0.2) is 18.3 Å². The quantitative estimate of drug-likeness (QED) is 0.776. The maximum Gasteiger partial charge on any atom is 0.322 e. The Balaban J connectivity index is 2.59. The molecule has 0 atom stereocenters. The number of alkyl halides is 2. The van der Waals surface area contributed by atoms with Gasteiger partial charge in [0.2, 0.25) is 0 Å². The van der Waals surface area contributed by atoms with Crippen molar-refractivity contribution in [3.63, 3.8) is 0 Å². The molecule has 0 fully saturated rings. The van der Waals surface area contributed by atoms with E-state index in [1.165, 1.54) is 12.1 Å². The number of anilines is 1. The summed E-state index contributed by atoms with van der Waals surface area (Å²) >= 11 is 0. The van der Waals surface area contributed by atoms with Crippen LogP contribution in [0.25, 0.3) is 0 Å². The predicted molar refractivity (Wildman–Crippen MR) is 45.3 cm³/mol. The number of carbonyl (C=O) groups is 1. The summed E-state index contributed by atoms with van der Waals surface area (Å²) in [5.41, 5.74) is -0.189. The summed E-state index contributed by atoms with van der Waals surface area (Å²) < 4.78 is 24.1. The third-order valence-electron chi connectivity index (χ3n) is 1.46. The maximum absolute atomic E-state index is 12.1. The summed E-state index contributed by atoms with van der Waals surface area (Å²) in [6, 6.07) is 2.51. The van der Waals surface area contributed by atoms with E-state index in [4.69, 9.17) is 5.11 Å². The van der Waals surface area contributed by atoms with E-state index < -0.39 is 12.4 Å². The summed E-state index contributed by atoms with van der Waals surface area (Å²) in [6.45, 7) is -0.291. The van der Waals surface area contributed by atoms with Gasteiger partial charge >= 0.3 is 5.97 Å². The second-order valence-corrected chi connectivity index (χ2v) is 2.52. The number of hydrogen-bond acceptors (Lipinski definition) is 3. The van der Waals surface area contributed by atoms with Crippen molar-refractivity contribution in [3.8, 4) is 0 Å². The van der Waals surface area contributed by atoms with Crippen LogP contribution in [0.1, 0.15) is 12.0 Å². The first-order valence-electron chi connectivity index (χ1n) is 3.79. The molecule has 1 aromatic heterocycles. The molecule has 6 heteroatoms. The number of carboxylic acid groups (broad SMARTS) is 1. The highest BCUT2D eigenvalue weighted by Crippen LogP contribution is 2.18. The molecule has 4 nitrogen and oxygen atoms in total. The second-order valence-electron chi connectivity index (χ2n) is 2.52. The predicted octanol–water partition coefficient (Wildman–Crippen LogP) is 1.52. The number of nitrogens with zero attached hydrogens (tertiary/aromatic N) is 1. The number of rotatable bonds is 4. The van der Waals surface area contributed by atoms with Gasteiger partial charge in [0.05, 0.1) is 0 Å². The zero-order valence-corrected chi connectivity index (χ0v) is 7.08. The number of pyridine rings is 1. The first-order chi connectivity index (χ1) is 6.59. The van der Waals surface area contributed by atoms with Crippen LogP contribution in [-0.2, 0) is 4.79 Å². The molecular weight excluding hydrogens is 194 g/mol. The first kappa shape index (κ1) is 10.4. The number of aromatic nitrogens is 1. The average Bonchev–Trinajstić information content (AvgIpc) is 2.15. The van der Waals surface area contributed by atoms with E-state index >= 15 is 0 Å². The molecule has 0 bridgehead atoms. The van der Waals surface area contributed by atoms with Gasteiger partial charge in [0.1, 0.15) is 12.4 Å². The molecule has 0 amide bonds. The van der Waals surface area contributed by atoms with E-state index in [9.17, 15) is 13.6 Å². The van der Waals surface area contributed by atoms with Crippen molar-refractivity contribution in [1.29, 1.82) is 0 Å². The Bertz CT molecular complexity index is 314. The average molecular weight is 202 g/mol. The summed E-state index contributed by atoms with van der Waals surface area (Å²) in [6.07, 6.45) is -1.55. The highest BCUT2D eigenvalue weighted by molar-refractivity contribution is 5.72. The van der Waals surface area contributed by atoms with Gasteiger partial charge in [-0.3, -0.25) is 4.79 Å². The van der Waals surface area contributed by atoms with E-state index in [0.29, 0.717) is 0 Å². The lowest BCUT2D eigenvalue weighted by atomic mass is 10.3. The molecule has 1 aromatic rings. The standard InChI is InChI=1S/C8H8F2N2O2/c9-8(10)5-1-2-6(11-3-5)12-4-7(13)14/h1-3,8H,4H2,(H,11,12)(H,13,14). The van der Waals surface area contributed by atoms with Crippen LogP contribution in [0.2, 0.25) is 0 Å². The highest BCUT2D eigenvalue weighted by Gasteiger charge is 2.06. The van der Waals surface area contributed by atoms with Crippen molar-refractivity contribution < 1.29 is 18.7 Å². The fraction of sp³-hybridized carbons (Fsp3) is 0.250. The van der Waals surface area contributed by atoms with E-state index in [2.05, 4.69) is 10.3 Å². The third kappa shape index (κ3) is 2.96. The Morgan fingerprint density at radius 1 is 1.57 bits per heavy atom. The minimum atomic E-state index is -2.56. The van der Waals surface area contributed by atoms with Gasteiger partial charge in [-0.25, -0.2) is 13.8 Å². The van der Waals surface area contributed by atoms with E-state index in [-0.39, 0.29) is 17.9 Å². The van der Waals surface area contributed by atoms with Crippen LogP contribution < -0.4 is 5.32 Å². The van der Waals surface area contributed by atoms with Crippen LogP contribution >= 0.6 is 0 Å². The van der Waals surface area contributed by atoms with Gasteiger partial charge in [-0.05, 0) is 12.1 Å². The summed E-state index contributed by atoms with van der Waals surface area (Å²) in [5.74, 6) is -0.776. The third-order valence-corrected chi connectivity index (χ3v) is 1.46. The summed E-state index contributed by atoms with van der Waals surface area (Å²) in [4.78, 5) is 13.8. The summed E-state index contributed by atoms with van der Waals surface area (Å²) in [7, 11) is 0. The molecule has 1 heterocycles. The molecule has 0 aromatic carbocycles. The molecule has 2 N–H and O–H groups in total. The number of aliphatic carboxylic acids is 1. The molecule has 0 unspecified atom stereocenters. The van der Waals surface area contributed by atoms with Crippen molar-refractivity contribution in [3.05, 3.63) is 23.9 Å². The Morgan fingerprint density at radius 2 is 2.29 bits per heavy atom. The minimum Gasteiger partial charge on any atom is -0.480 e. The Labute approximate surface area is 78.6 Å². The van der Waals surface area contributed by atoms with Gasteiger partial charge < -0.3 is 10.4 Å². The van der Waals surface area contributed by atoms with Gasteiger partial charge in [0.15, 0.2) is 0 Å². The molecule has 0 aliphatic heterocycles. The molecule has 0 aliphatic carbocycles. The Hall–Kier alpha value is -1.72. The molecule has 0 aliphatic rings. The van der Waals surface area contributed by atoms with E-state index in [0.717, 1.165) is 6.20 Å². The van der Waals surface area contributed by atoms with Crippen molar-refractivity contribution in [1.82, 2.24) is 4.98 Å². The lowest BCUT2D eigenvalue weighted by molar-refractivity contribution is -0.134. The number of halogens is 2. The largest absolute Gasteiger partial charge is 0.480 e. The molecule has 1 rings (SSSR count). The van der Waals surface area contributed by atoms with Crippen molar-refractivity contribution >= 4 is 11.8 Å². The topological polar surface area (TPSA) is 62.2 Å². The van der Waals surface area contributed by atoms with Gasteiger partial charge in [-0.1, -0.05) is 0 Å². The van der Waals surface area contributed by atoms with Crippen LogP contribution in [0.4, 0.5) is 14.6 Å². The van der Waals surface area contributed by atoms with Crippen LogP contribution in [0.3, 0.4) is 0 Å². The molecule has 0 radical (unpaired) electrons. The van der Waals surface area contributed by atoms with E-state index in [1.807, 2.05) is 0 Å². The first-order valence-corrected chi connectivity index (χ1v) is 3.79. The normalized spacial score (nSPS) is 10.2. The highest BCUT2D eigenvalue weighted by atomic mass is 19.3. The zero-order valence-electron chi connectivity index (χ0n) is 7.08. The van der Waals surface area contributed by atoms with Crippen LogP contribution in [0, 0.1) is 0 Å². The van der Waals surface area contributed by atoms with Gasteiger partial charge in [-0.2, -0.15) is 0 Å². The van der Waals surface area contributed by atoms with Crippen LogP contribution in [-0.4, -0.2) is 22.6 Å². The maximum atomic E-state index is 12.1. The lowest BCUT2D eigenvalue weighted by Gasteiger charge is -2.03. The minimum absolute atomic E-state index is 0.189. The Morgan fingerprint density at radius 3 is 2.71 bits per heavy atom. The number of hydrogen-bond donors (Lipinski definition) is 2. The molecular formula is C8H8F2N2O2. The lowest BCUT2D eigenvalue weighted by Crippen LogP contribution is -2.13. The monoisotopic (exact) mass is 202 g/mol. The van der Waals surface area contributed by atoms with Gasteiger partial charge in [-0.15, -0.1) is 0 Å². The molecule has 0 saturated heterocycles. The fourth-order valence-electron chi connectivity index (χ4n) is 0.805. The molecule has 0 saturated carbocycles. The Kier molecular flexibility index (Phi) is 3.33. The zero-order chi connectivity index (χ0) is 10.6. The SMILES string of the molecule is O=C(O)CNc1ccc(C(F)F)cn1. The van der Waals surface area contributed by atoms with Crippen molar-refractivity contribution in [2.75, 3.05) is 11.9 Å². The van der Waals surface area contributed by atoms with Gasteiger partial charge in [0, 0.05) is 11.8 Å². The molecule has 0 spiro atoms. The van der Waals surface area contributed by atoms with Gasteiger partial charge in [0.25, 0.3) is 6.43 Å². The number of nitrogens with one attached hydrogen (secondary N) is 1. The van der Waals surface area contributed by atoms with E-state index in [1.54, 1.807) is 0 Å². The smallest absolute Gasteiger partial charge is 0.322 e. The molecule has 14 heavy (non-hydrogen) atoms. The van der Waals surface area contributed by atoms with Crippen LogP contribution in [0.5, 0.6) is 0 Å². The summed E-state index contributed by atoms with van der Waals surface area (Å²) in [5, 5.41) is 10.8. The number of carboxylic acids is 1. The van der Waals surface area contributed by atoms with Crippen molar-refractivity contribution in [2.45, 2.75) is 6.43 Å². The molecule has 76 valence electrons. The van der Waals surface area contributed by atoms with Crippen molar-refractivity contribution in [2.24, 2.45) is 0 Å².